The summed E-state index contributed by atoms with van der Waals surface area (Å²) in [6, 6.07) is 6.09. The summed E-state index contributed by atoms with van der Waals surface area (Å²) in [5, 5.41) is 8.45. The van der Waals surface area contributed by atoms with Gasteiger partial charge in [0, 0.05) is 5.02 Å². The molecule has 0 amide bonds. The maximum Gasteiger partial charge on any atom is 0.328 e. The lowest BCUT2D eigenvalue weighted by atomic mass is 10.3. The number of hydrogen-bond acceptors (Lipinski definition) is 6. The molecule has 124 valence electrons. The average molecular weight is 348 g/mol. The third-order valence-electron chi connectivity index (χ3n) is 3.50. The molecule has 2 heterocycles. The van der Waals surface area contributed by atoms with Crippen LogP contribution in [0.5, 0.6) is 0 Å². The number of ether oxygens (including phenoxy) is 1. The molecule has 1 unspecified atom stereocenters. The fourth-order valence-corrected chi connectivity index (χ4v) is 2.36. The highest BCUT2D eigenvalue weighted by Gasteiger charge is 2.21. The first-order valence-corrected chi connectivity index (χ1v) is 7.66. The second-order valence-corrected chi connectivity index (χ2v) is 5.47. The van der Waals surface area contributed by atoms with E-state index < -0.39 is 17.6 Å². The van der Waals surface area contributed by atoms with Gasteiger partial charge in [-0.05, 0) is 38.1 Å². The second-order valence-electron chi connectivity index (χ2n) is 5.03. The van der Waals surface area contributed by atoms with E-state index in [0.29, 0.717) is 16.4 Å². The lowest BCUT2D eigenvalue weighted by Crippen LogP contribution is -2.29. The van der Waals surface area contributed by atoms with Gasteiger partial charge < -0.3 is 4.74 Å². The van der Waals surface area contributed by atoms with Crippen LogP contribution in [0.2, 0.25) is 5.02 Å². The van der Waals surface area contributed by atoms with Gasteiger partial charge in [-0.1, -0.05) is 16.8 Å². The number of rotatable bonds is 4. The van der Waals surface area contributed by atoms with Crippen LogP contribution in [0.1, 0.15) is 19.9 Å². The van der Waals surface area contributed by atoms with Gasteiger partial charge >= 0.3 is 5.97 Å². The van der Waals surface area contributed by atoms with Gasteiger partial charge in [0.25, 0.3) is 5.56 Å². The van der Waals surface area contributed by atoms with E-state index in [4.69, 9.17) is 16.3 Å². The maximum atomic E-state index is 12.6. The summed E-state index contributed by atoms with van der Waals surface area (Å²) in [5.41, 5.74) is 0.587. The van der Waals surface area contributed by atoms with E-state index >= 15 is 0 Å². The van der Waals surface area contributed by atoms with Gasteiger partial charge in [0.15, 0.2) is 11.2 Å². The summed E-state index contributed by atoms with van der Waals surface area (Å²) in [6.45, 7) is 3.50. The monoisotopic (exact) mass is 347 g/mol. The molecule has 0 fully saturated rings. The number of nitrogens with zero attached hydrogens (tertiary/aromatic N) is 5. The Hall–Kier alpha value is -2.74. The quantitative estimate of drug-likeness (QED) is 0.668. The number of hydrogen-bond donors (Lipinski definition) is 0. The molecule has 0 N–H and O–H groups in total. The maximum absolute atomic E-state index is 12.6. The van der Waals surface area contributed by atoms with Gasteiger partial charge in [0.2, 0.25) is 0 Å². The van der Waals surface area contributed by atoms with E-state index in [0.717, 1.165) is 0 Å². The molecule has 8 nitrogen and oxygen atoms in total. The average Bonchev–Trinajstić information content (AvgIpc) is 3.00. The van der Waals surface area contributed by atoms with Crippen molar-refractivity contribution in [1.29, 1.82) is 0 Å². The molecule has 0 aliphatic rings. The van der Waals surface area contributed by atoms with Crippen molar-refractivity contribution in [1.82, 2.24) is 24.5 Å². The molecule has 0 saturated heterocycles. The van der Waals surface area contributed by atoms with Crippen LogP contribution in [0.15, 0.2) is 35.4 Å². The molecule has 0 bridgehead atoms. The van der Waals surface area contributed by atoms with Crippen LogP contribution < -0.4 is 5.56 Å². The first-order valence-electron chi connectivity index (χ1n) is 7.28. The van der Waals surface area contributed by atoms with E-state index in [1.807, 2.05) is 0 Å². The zero-order valence-electron chi connectivity index (χ0n) is 13.0. The highest BCUT2D eigenvalue weighted by molar-refractivity contribution is 6.30. The summed E-state index contributed by atoms with van der Waals surface area (Å²) < 4.78 is 7.55. The molecule has 3 rings (SSSR count). The number of carbonyl (C=O) groups excluding carboxylic acids is 1. The Morgan fingerprint density at radius 3 is 2.71 bits per heavy atom. The highest BCUT2D eigenvalue weighted by Crippen LogP contribution is 2.16. The molecule has 9 heteroatoms. The third kappa shape index (κ3) is 2.76. The second kappa shape index (κ2) is 6.40. The Morgan fingerprint density at radius 2 is 2.04 bits per heavy atom. The molecule has 1 aromatic carbocycles. The van der Waals surface area contributed by atoms with Crippen LogP contribution in [-0.4, -0.2) is 37.1 Å². The van der Waals surface area contributed by atoms with Crippen LogP contribution in [-0.2, 0) is 9.53 Å². The van der Waals surface area contributed by atoms with Crippen molar-refractivity contribution in [2.24, 2.45) is 0 Å². The Balaban J connectivity index is 2.07. The van der Waals surface area contributed by atoms with Crippen molar-refractivity contribution >= 4 is 28.7 Å². The Kier molecular flexibility index (Phi) is 4.30. The Bertz CT molecular complexity index is 948. The van der Waals surface area contributed by atoms with Crippen molar-refractivity contribution in [3.8, 4) is 5.69 Å². The molecule has 2 aromatic heterocycles. The van der Waals surface area contributed by atoms with Crippen molar-refractivity contribution in [2.45, 2.75) is 19.9 Å². The van der Waals surface area contributed by atoms with Gasteiger partial charge in [-0.2, -0.15) is 4.68 Å². The smallest absolute Gasteiger partial charge is 0.328 e. The minimum absolute atomic E-state index is 0.0728. The van der Waals surface area contributed by atoms with Gasteiger partial charge in [0.05, 0.1) is 12.3 Å². The lowest BCUT2D eigenvalue weighted by molar-refractivity contribution is -0.146. The first-order chi connectivity index (χ1) is 11.5. The van der Waals surface area contributed by atoms with E-state index in [1.165, 1.54) is 15.6 Å². The number of fused-ring (bicyclic) bond motifs is 1. The van der Waals surface area contributed by atoms with Gasteiger partial charge in [-0.3, -0.25) is 9.36 Å². The van der Waals surface area contributed by atoms with E-state index in [2.05, 4.69) is 15.3 Å². The number of benzene rings is 1. The summed E-state index contributed by atoms with van der Waals surface area (Å²) in [6.07, 6.45) is 1.29. The molecular weight excluding hydrogens is 334 g/mol. The van der Waals surface area contributed by atoms with Crippen molar-refractivity contribution in [3.63, 3.8) is 0 Å². The van der Waals surface area contributed by atoms with Crippen LogP contribution >= 0.6 is 11.6 Å². The third-order valence-corrected chi connectivity index (χ3v) is 3.76. The van der Waals surface area contributed by atoms with Gasteiger partial charge in [-0.25, -0.2) is 9.78 Å². The fourth-order valence-electron chi connectivity index (χ4n) is 2.23. The first kappa shape index (κ1) is 16.1. The summed E-state index contributed by atoms with van der Waals surface area (Å²) in [5.74, 6) is -0.508. The predicted octanol–water partition coefficient (Wildman–Crippen LogP) is 1.75. The van der Waals surface area contributed by atoms with Crippen molar-refractivity contribution < 1.29 is 9.53 Å². The van der Waals surface area contributed by atoms with Crippen molar-refractivity contribution in [2.75, 3.05) is 6.61 Å². The zero-order valence-corrected chi connectivity index (χ0v) is 13.8. The number of aromatic nitrogens is 5. The predicted molar refractivity (Wildman–Crippen MR) is 87.3 cm³/mol. The molecule has 0 radical (unpaired) electrons. The molecule has 1 atom stereocenters. The largest absolute Gasteiger partial charge is 0.464 e. The van der Waals surface area contributed by atoms with Crippen LogP contribution in [0.4, 0.5) is 0 Å². The van der Waals surface area contributed by atoms with Gasteiger partial charge in [0.1, 0.15) is 12.4 Å². The summed E-state index contributed by atoms with van der Waals surface area (Å²) in [7, 11) is 0. The lowest BCUT2D eigenvalue weighted by Gasteiger charge is -2.12. The summed E-state index contributed by atoms with van der Waals surface area (Å²) in [4.78, 5) is 28.6. The van der Waals surface area contributed by atoms with Crippen LogP contribution in [0, 0.1) is 0 Å². The minimum Gasteiger partial charge on any atom is -0.464 e. The molecule has 24 heavy (non-hydrogen) atoms. The molecule has 0 saturated carbocycles. The van der Waals surface area contributed by atoms with Crippen LogP contribution in [0.3, 0.4) is 0 Å². The van der Waals surface area contributed by atoms with Crippen molar-refractivity contribution in [3.05, 3.63) is 46.0 Å². The van der Waals surface area contributed by atoms with E-state index in [-0.39, 0.29) is 12.1 Å². The molecule has 0 spiro atoms. The fraction of sp³-hybridized carbons (Fsp3) is 0.267. The molecule has 0 aliphatic heterocycles. The normalized spacial score (nSPS) is 12.3. The Morgan fingerprint density at radius 1 is 1.33 bits per heavy atom. The standard InChI is InChI=1S/C15H14ClN5O3/c1-3-24-15(23)9(2)20-8-17-13-12(14(20)22)18-19-21(13)11-6-4-10(16)5-7-11/h4-9H,3H2,1-2H3. The van der Waals surface area contributed by atoms with Gasteiger partial charge in [-0.15, -0.1) is 5.10 Å². The molecule has 0 aliphatic carbocycles. The number of esters is 1. The summed E-state index contributed by atoms with van der Waals surface area (Å²) >= 11 is 5.87. The Labute approximate surface area is 141 Å². The highest BCUT2D eigenvalue weighted by atomic mass is 35.5. The topological polar surface area (TPSA) is 91.9 Å². The number of carbonyl (C=O) groups is 1. The minimum atomic E-state index is -0.796. The number of halogens is 1. The molecular formula is C15H14ClN5O3. The zero-order chi connectivity index (χ0) is 17.3. The van der Waals surface area contributed by atoms with Crippen LogP contribution in [0.25, 0.3) is 16.9 Å². The van der Waals surface area contributed by atoms with E-state index in [9.17, 15) is 9.59 Å². The SMILES string of the molecule is CCOC(=O)C(C)n1cnc2c(nnn2-c2ccc(Cl)cc2)c1=O. The molecule has 3 aromatic rings. The van der Waals surface area contributed by atoms with E-state index in [1.54, 1.807) is 38.1 Å².